The molecule has 0 radical (unpaired) electrons. The maximum Gasteiger partial charge on any atom is 0.191 e. The van der Waals surface area contributed by atoms with Crippen molar-refractivity contribution < 1.29 is 0 Å². The topological polar surface area (TPSA) is 39.7 Å². The third-order valence-corrected chi connectivity index (χ3v) is 4.27. The van der Waals surface area contributed by atoms with Crippen LogP contribution in [0.5, 0.6) is 0 Å². The van der Waals surface area contributed by atoms with Gasteiger partial charge in [0.1, 0.15) is 0 Å². The third-order valence-electron chi connectivity index (χ3n) is 3.39. The number of nitrogens with zero attached hydrogens (tertiary/aromatic N) is 2. The second kappa shape index (κ2) is 7.50. The summed E-state index contributed by atoms with van der Waals surface area (Å²) in [5, 5.41) is 8.82. The van der Waals surface area contributed by atoms with Gasteiger partial charge in [0.25, 0.3) is 0 Å². The van der Waals surface area contributed by atoms with Crippen LogP contribution in [0, 0.1) is 0 Å². The average molecular weight is 280 g/mol. The molecule has 1 saturated carbocycles. The van der Waals surface area contributed by atoms with E-state index in [1.54, 1.807) is 11.3 Å². The standard InChI is InChI=1S/C14H24N4S/c1-3-18(12-6-7-12)9-8-16-14(15-2)17-11-13-5-4-10-19-13/h4-5,10,12H,3,6-9,11H2,1-2H3,(H2,15,16,17). The Morgan fingerprint density at radius 1 is 1.47 bits per heavy atom. The van der Waals surface area contributed by atoms with E-state index in [4.69, 9.17) is 0 Å². The fraction of sp³-hybridized carbons (Fsp3) is 0.643. The van der Waals surface area contributed by atoms with Gasteiger partial charge in [0.05, 0.1) is 6.54 Å². The predicted octanol–water partition coefficient (Wildman–Crippen LogP) is 1.90. The Kier molecular flexibility index (Phi) is 5.66. The van der Waals surface area contributed by atoms with E-state index in [9.17, 15) is 0 Å². The smallest absolute Gasteiger partial charge is 0.191 e. The normalized spacial score (nSPS) is 15.8. The maximum atomic E-state index is 4.25. The van der Waals surface area contributed by atoms with Crippen LogP contribution in [0.1, 0.15) is 24.6 Å². The summed E-state index contributed by atoms with van der Waals surface area (Å²) in [5.41, 5.74) is 0. The number of nitrogens with one attached hydrogen (secondary N) is 2. The van der Waals surface area contributed by atoms with Gasteiger partial charge in [0.15, 0.2) is 5.96 Å². The summed E-state index contributed by atoms with van der Waals surface area (Å²) in [4.78, 5) is 8.12. The lowest BCUT2D eigenvalue weighted by atomic mass is 10.4. The monoisotopic (exact) mass is 280 g/mol. The van der Waals surface area contributed by atoms with Gasteiger partial charge in [-0.15, -0.1) is 11.3 Å². The van der Waals surface area contributed by atoms with Gasteiger partial charge in [-0.1, -0.05) is 13.0 Å². The quantitative estimate of drug-likeness (QED) is 0.592. The molecule has 1 aromatic rings. The molecule has 0 bridgehead atoms. The summed E-state index contributed by atoms with van der Waals surface area (Å²) in [5.74, 6) is 0.889. The van der Waals surface area contributed by atoms with Crippen molar-refractivity contribution in [3.05, 3.63) is 22.4 Å². The van der Waals surface area contributed by atoms with E-state index >= 15 is 0 Å². The van der Waals surface area contributed by atoms with Crippen LogP contribution in [0.2, 0.25) is 0 Å². The highest BCUT2D eigenvalue weighted by Crippen LogP contribution is 2.25. The summed E-state index contributed by atoms with van der Waals surface area (Å²) < 4.78 is 0. The van der Waals surface area contributed by atoms with Gasteiger partial charge in [-0.2, -0.15) is 0 Å². The zero-order chi connectivity index (χ0) is 13.5. The molecule has 0 atom stereocenters. The first-order chi connectivity index (χ1) is 9.33. The lowest BCUT2D eigenvalue weighted by molar-refractivity contribution is 0.282. The Morgan fingerprint density at radius 3 is 2.89 bits per heavy atom. The van der Waals surface area contributed by atoms with Crippen molar-refractivity contribution in [2.75, 3.05) is 26.7 Å². The lowest BCUT2D eigenvalue weighted by Gasteiger charge is -2.20. The fourth-order valence-corrected chi connectivity index (χ4v) is 2.81. The first kappa shape index (κ1) is 14.3. The van der Waals surface area contributed by atoms with Crippen molar-refractivity contribution in [1.29, 1.82) is 0 Å². The number of rotatable bonds is 7. The minimum absolute atomic E-state index is 0.841. The Morgan fingerprint density at radius 2 is 2.32 bits per heavy atom. The van der Waals surface area contributed by atoms with Gasteiger partial charge >= 0.3 is 0 Å². The van der Waals surface area contributed by atoms with Gasteiger partial charge in [-0.3, -0.25) is 9.89 Å². The summed E-state index contributed by atoms with van der Waals surface area (Å²) >= 11 is 1.77. The minimum Gasteiger partial charge on any atom is -0.355 e. The first-order valence-electron chi connectivity index (χ1n) is 7.04. The van der Waals surface area contributed by atoms with E-state index in [1.807, 2.05) is 7.05 Å². The highest BCUT2D eigenvalue weighted by atomic mass is 32.1. The van der Waals surface area contributed by atoms with Crippen LogP contribution >= 0.6 is 11.3 Å². The zero-order valence-electron chi connectivity index (χ0n) is 11.9. The first-order valence-corrected chi connectivity index (χ1v) is 7.92. The van der Waals surface area contributed by atoms with Gasteiger partial charge in [0, 0.05) is 31.1 Å². The number of likely N-dealkylation sites (N-methyl/N-ethyl adjacent to an activating group) is 1. The van der Waals surface area contributed by atoms with Crippen LogP contribution in [0.15, 0.2) is 22.5 Å². The molecule has 4 nitrogen and oxygen atoms in total. The van der Waals surface area contributed by atoms with Gasteiger partial charge in [-0.25, -0.2) is 0 Å². The van der Waals surface area contributed by atoms with E-state index in [1.165, 1.54) is 17.7 Å². The molecule has 0 unspecified atom stereocenters. The van der Waals surface area contributed by atoms with Crippen LogP contribution in [0.3, 0.4) is 0 Å². The van der Waals surface area contributed by atoms with Crippen molar-refractivity contribution in [1.82, 2.24) is 15.5 Å². The molecule has 1 aliphatic carbocycles. The van der Waals surface area contributed by atoms with Crippen molar-refractivity contribution in [3.8, 4) is 0 Å². The van der Waals surface area contributed by atoms with Crippen LogP contribution in [0.25, 0.3) is 0 Å². The number of hydrogen-bond acceptors (Lipinski definition) is 3. The van der Waals surface area contributed by atoms with Crippen LogP contribution in [0.4, 0.5) is 0 Å². The molecule has 0 aliphatic heterocycles. The number of aliphatic imine (C=N–C) groups is 1. The average Bonchev–Trinajstić information content (AvgIpc) is 3.14. The number of guanidine groups is 1. The molecule has 1 heterocycles. The molecule has 19 heavy (non-hydrogen) atoms. The molecular weight excluding hydrogens is 256 g/mol. The summed E-state index contributed by atoms with van der Waals surface area (Å²) in [6.45, 7) is 6.28. The van der Waals surface area contributed by atoms with E-state index in [-0.39, 0.29) is 0 Å². The Bertz CT molecular complexity index is 384. The molecule has 0 saturated heterocycles. The SMILES string of the molecule is CCN(CCNC(=NC)NCc1cccs1)C1CC1. The van der Waals surface area contributed by atoms with Gasteiger partial charge in [0.2, 0.25) is 0 Å². The molecule has 5 heteroatoms. The van der Waals surface area contributed by atoms with Crippen molar-refractivity contribution in [2.24, 2.45) is 4.99 Å². The fourth-order valence-electron chi connectivity index (χ4n) is 2.16. The summed E-state index contributed by atoms with van der Waals surface area (Å²) in [6, 6.07) is 5.05. The Labute approximate surface area is 119 Å². The molecular formula is C14H24N4S. The number of hydrogen-bond donors (Lipinski definition) is 2. The molecule has 1 aliphatic rings. The Hall–Kier alpha value is -1.07. The van der Waals surface area contributed by atoms with E-state index in [0.717, 1.165) is 38.2 Å². The van der Waals surface area contributed by atoms with Crippen molar-refractivity contribution in [3.63, 3.8) is 0 Å². The molecule has 106 valence electrons. The molecule has 2 rings (SSSR count). The van der Waals surface area contributed by atoms with E-state index in [0.29, 0.717) is 0 Å². The lowest BCUT2D eigenvalue weighted by Crippen LogP contribution is -2.41. The molecule has 0 aromatic carbocycles. The third kappa shape index (κ3) is 4.84. The Balaban J connectivity index is 1.64. The molecule has 0 spiro atoms. The summed E-state index contributed by atoms with van der Waals surface area (Å²) in [6.07, 6.45) is 2.75. The number of thiophene rings is 1. The molecule has 1 fully saturated rings. The van der Waals surface area contributed by atoms with Gasteiger partial charge in [-0.05, 0) is 30.8 Å². The largest absolute Gasteiger partial charge is 0.355 e. The molecule has 1 aromatic heterocycles. The van der Waals surface area contributed by atoms with Gasteiger partial charge < -0.3 is 10.6 Å². The highest BCUT2D eigenvalue weighted by molar-refractivity contribution is 7.09. The molecule has 2 N–H and O–H groups in total. The van der Waals surface area contributed by atoms with E-state index < -0.39 is 0 Å². The highest BCUT2D eigenvalue weighted by Gasteiger charge is 2.27. The van der Waals surface area contributed by atoms with Crippen molar-refractivity contribution in [2.45, 2.75) is 32.4 Å². The second-order valence-corrected chi connectivity index (χ2v) is 5.82. The second-order valence-electron chi connectivity index (χ2n) is 4.79. The zero-order valence-corrected chi connectivity index (χ0v) is 12.7. The molecule has 0 amide bonds. The maximum absolute atomic E-state index is 4.25. The van der Waals surface area contributed by atoms with Crippen LogP contribution < -0.4 is 10.6 Å². The predicted molar refractivity (Wildman–Crippen MR) is 82.8 cm³/mol. The van der Waals surface area contributed by atoms with Crippen molar-refractivity contribution >= 4 is 17.3 Å². The van der Waals surface area contributed by atoms with Crippen LogP contribution in [-0.4, -0.2) is 43.6 Å². The summed E-state index contributed by atoms with van der Waals surface area (Å²) in [7, 11) is 1.82. The minimum atomic E-state index is 0.841. The van der Waals surface area contributed by atoms with E-state index in [2.05, 4.69) is 45.0 Å². The van der Waals surface area contributed by atoms with Crippen LogP contribution in [-0.2, 0) is 6.54 Å².